The lowest BCUT2D eigenvalue weighted by atomic mass is 9.91. The molecule has 2 heterocycles. The molecule has 1 fully saturated rings. The van der Waals surface area contributed by atoms with E-state index >= 15 is 0 Å². The summed E-state index contributed by atoms with van der Waals surface area (Å²) in [4.78, 5) is 7.06. The number of para-hydroxylation sites is 1. The van der Waals surface area contributed by atoms with E-state index in [2.05, 4.69) is 45.6 Å². The van der Waals surface area contributed by atoms with Crippen molar-refractivity contribution in [1.82, 2.24) is 14.5 Å². The van der Waals surface area contributed by atoms with Crippen LogP contribution in [0, 0.1) is 5.92 Å². The fourth-order valence-corrected chi connectivity index (χ4v) is 3.37. The van der Waals surface area contributed by atoms with Crippen LogP contribution in [0.2, 0.25) is 0 Å². The highest BCUT2D eigenvalue weighted by Gasteiger charge is 2.28. The van der Waals surface area contributed by atoms with E-state index in [1.165, 1.54) is 18.5 Å². The number of nitrogens with two attached hydrogens (primary N) is 1. The second-order valence-corrected chi connectivity index (χ2v) is 5.94. The van der Waals surface area contributed by atoms with Gasteiger partial charge in [0.1, 0.15) is 5.82 Å². The monoisotopic (exact) mass is 284 g/mol. The minimum Gasteiger partial charge on any atom is -0.329 e. The van der Waals surface area contributed by atoms with Crippen LogP contribution in [0.1, 0.15) is 25.6 Å². The standard InChI is InChI=1S/C17H24N4/c1-14-6-5-10-20(16(14)12-18)13-17-19-9-11-21(17)15-7-3-2-4-8-15/h2-4,7-9,11,14,16H,5-6,10,12-13,18H2,1H3. The Morgan fingerprint density at radius 1 is 1.29 bits per heavy atom. The molecule has 0 aliphatic carbocycles. The maximum Gasteiger partial charge on any atom is 0.127 e. The molecule has 1 aromatic heterocycles. The molecule has 1 aliphatic heterocycles. The zero-order valence-corrected chi connectivity index (χ0v) is 12.7. The van der Waals surface area contributed by atoms with E-state index in [0.717, 1.165) is 25.5 Å². The third kappa shape index (κ3) is 3.01. The Bertz CT molecular complexity index is 563. The highest BCUT2D eigenvalue weighted by molar-refractivity contribution is 5.32. The quantitative estimate of drug-likeness (QED) is 0.938. The maximum absolute atomic E-state index is 5.99. The molecule has 2 atom stereocenters. The van der Waals surface area contributed by atoms with Gasteiger partial charge < -0.3 is 10.3 Å². The summed E-state index contributed by atoms with van der Waals surface area (Å²) < 4.78 is 2.17. The Morgan fingerprint density at radius 3 is 2.86 bits per heavy atom. The number of benzene rings is 1. The van der Waals surface area contributed by atoms with Crippen molar-refractivity contribution in [2.24, 2.45) is 11.7 Å². The number of imidazole rings is 1. The maximum atomic E-state index is 5.99. The molecule has 4 heteroatoms. The van der Waals surface area contributed by atoms with Crippen LogP contribution in [0.25, 0.3) is 5.69 Å². The second kappa shape index (κ2) is 6.41. The molecule has 0 radical (unpaired) electrons. The number of nitrogens with zero attached hydrogens (tertiary/aromatic N) is 3. The molecule has 1 aromatic carbocycles. The first kappa shape index (κ1) is 14.3. The van der Waals surface area contributed by atoms with E-state index in [-0.39, 0.29) is 0 Å². The molecule has 4 nitrogen and oxygen atoms in total. The SMILES string of the molecule is CC1CCCN(Cc2nccn2-c2ccccc2)C1CN. The van der Waals surface area contributed by atoms with Crippen LogP contribution in [-0.2, 0) is 6.54 Å². The third-order valence-corrected chi connectivity index (χ3v) is 4.57. The lowest BCUT2D eigenvalue weighted by molar-refractivity contribution is 0.0959. The molecule has 2 aromatic rings. The molecule has 2 N–H and O–H groups in total. The molecule has 1 aliphatic rings. The lowest BCUT2D eigenvalue weighted by Gasteiger charge is -2.39. The minimum absolute atomic E-state index is 0.472. The molecule has 3 rings (SSSR count). The molecule has 0 spiro atoms. The predicted molar refractivity (Wildman–Crippen MR) is 85.2 cm³/mol. The van der Waals surface area contributed by atoms with Crippen molar-refractivity contribution < 1.29 is 0 Å². The van der Waals surface area contributed by atoms with Crippen LogP contribution in [0.4, 0.5) is 0 Å². The van der Waals surface area contributed by atoms with E-state index in [1.807, 2.05) is 18.5 Å². The van der Waals surface area contributed by atoms with Gasteiger partial charge in [-0.15, -0.1) is 0 Å². The topological polar surface area (TPSA) is 47.1 Å². The smallest absolute Gasteiger partial charge is 0.127 e. The number of piperidine rings is 1. The Morgan fingerprint density at radius 2 is 2.10 bits per heavy atom. The predicted octanol–water partition coefficient (Wildman–Crippen LogP) is 2.43. The van der Waals surface area contributed by atoms with Gasteiger partial charge >= 0.3 is 0 Å². The van der Waals surface area contributed by atoms with Crippen molar-refractivity contribution in [2.75, 3.05) is 13.1 Å². The van der Waals surface area contributed by atoms with Gasteiger partial charge in [-0.2, -0.15) is 0 Å². The normalized spacial score (nSPS) is 23.3. The van der Waals surface area contributed by atoms with E-state index in [9.17, 15) is 0 Å². The first-order valence-corrected chi connectivity index (χ1v) is 7.81. The molecule has 2 unspecified atom stereocenters. The molecular formula is C17H24N4. The van der Waals surface area contributed by atoms with Gasteiger partial charge in [0.2, 0.25) is 0 Å². The summed E-state index contributed by atoms with van der Waals surface area (Å²) in [6.45, 7) is 5.03. The van der Waals surface area contributed by atoms with Crippen molar-refractivity contribution in [3.63, 3.8) is 0 Å². The highest BCUT2D eigenvalue weighted by Crippen LogP contribution is 2.24. The van der Waals surface area contributed by atoms with Gasteiger partial charge in [-0.3, -0.25) is 4.90 Å². The average molecular weight is 284 g/mol. The van der Waals surface area contributed by atoms with Crippen LogP contribution in [0.15, 0.2) is 42.7 Å². The summed E-state index contributed by atoms with van der Waals surface area (Å²) >= 11 is 0. The van der Waals surface area contributed by atoms with Gasteiger partial charge in [0.05, 0.1) is 6.54 Å². The molecule has 0 bridgehead atoms. The van der Waals surface area contributed by atoms with E-state index in [4.69, 9.17) is 5.73 Å². The largest absolute Gasteiger partial charge is 0.329 e. The van der Waals surface area contributed by atoms with E-state index in [0.29, 0.717) is 12.0 Å². The van der Waals surface area contributed by atoms with E-state index in [1.54, 1.807) is 0 Å². The third-order valence-electron chi connectivity index (χ3n) is 4.57. The Labute approximate surface area is 126 Å². The van der Waals surface area contributed by atoms with Crippen LogP contribution < -0.4 is 5.73 Å². The Kier molecular flexibility index (Phi) is 4.36. The fraction of sp³-hybridized carbons (Fsp3) is 0.471. The van der Waals surface area contributed by atoms with Gasteiger partial charge in [0, 0.05) is 30.7 Å². The van der Waals surface area contributed by atoms with Gasteiger partial charge in [-0.05, 0) is 37.4 Å². The van der Waals surface area contributed by atoms with Gasteiger partial charge in [-0.1, -0.05) is 25.1 Å². The van der Waals surface area contributed by atoms with Crippen molar-refractivity contribution >= 4 is 0 Å². The minimum atomic E-state index is 0.472. The second-order valence-electron chi connectivity index (χ2n) is 5.94. The van der Waals surface area contributed by atoms with Crippen molar-refractivity contribution in [3.8, 4) is 5.69 Å². The molecule has 112 valence electrons. The molecular weight excluding hydrogens is 260 g/mol. The zero-order chi connectivity index (χ0) is 14.7. The van der Waals surface area contributed by atoms with Crippen LogP contribution in [0.3, 0.4) is 0 Å². The Hall–Kier alpha value is -1.65. The van der Waals surface area contributed by atoms with Crippen molar-refractivity contribution in [3.05, 3.63) is 48.5 Å². The number of aromatic nitrogens is 2. The molecule has 21 heavy (non-hydrogen) atoms. The van der Waals surface area contributed by atoms with Crippen molar-refractivity contribution in [2.45, 2.75) is 32.4 Å². The average Bonchev–Trinajstić information content (AvgIpc) is 2.97. The first-order valence-electron chi connectivity index (χ1n) is 7.81. The lowest BCUT2D eigenvalue weighted by Crippen LogP contribution is -2.48. The molecule has 0 saturated carbocycles. The molecule has 1 saturated heterocycles. The zero-order valence-electron chi connectivity index (χ0n) is 12.7. The van der Waals surface area contributed by atoms with Gasteiger partial charge in [0.25, 0.3) is 0 Å². The summed E-state index contributed by atoms with van der Waals surface area (Å²) in [6, 6.07) is 10.9. The summed E-state index contributed by atoms with van der Waals surface area (Å²) in [5, 5.41) is 0. The number of likely N-dealkylation sites (tertiary alicyclic amines) is 1. The number of hydrogen-bond acceptors (Lipinski definition) is 3. The summed E-state index contributed by atoms with van der Waals surface area (Å²) in [7, 11) is 0. The van der Waals surface area contributed by atoms with Gasteiger partial charge in [-0.25, -0.2) is 4.98 Å². The van der Waals surface area contributed by atoms with E-state index < -0.39 is 0 Å². The number of rotatable bonds is 4. The Balaban J connectivity index is 1.81. The first-order chi connectivity index (χ1) is 10.3. The highest BCUT2D eigenvalue weighted by atomic mass is 15.2. The van der Waals surface area contributed by atoms with Crippen molar-refractivity contribution in [1.29, 1.82) is 0 Å². The van der Waals surface area contributed by atoms with Crippen LogP contribution in [-0.4, -0.2) is 33.6 Å². The van der Waals surface area contributed by atoms with Gasteiger partial charge in [0.15, 0.2) is 0 Å². The fourth-order valence-electron chi connectivity index (χ4n) is 3.37. The summed E-state index contributed by atoms with van der Waals surface area (Å²) in [5.41, 5.74) is 7.16. The number of hydrogen-bond donors (Lipinski definition) is 1. The molecule has 0 amide bonds. The van der Waals surface area contributed by atoms with Crippen LogP contribution >= 0.6 is 0 Å². The van der Waals surface area contributed by atoms with Crippen LogP contribution in [0.5, 0.6) is 0 Å². The summed E-state index contributed by atoms with van der Waals surface area (Å²) in [5.74, 6) is 1.76. The summed E-state index contributed by atoms with van der Waals surface area (Å²) in [6.07, 6.45) is 6.46.